The topological polar surface area (TPSA) is 95.0 Å². The normalized spacial score (nSPS) is 14.0. The zero-order chi connectivity index (χ0) is 18.4. The average molecular weight is 356 g/mol. The Bertz CT molecular complexity index is 746. The van der Waals surface area contributed by atoms with E-state index in [9.17, 15) is 9.59 Å². The van der Waals surface area contributed by atoms with Crippen LogP contribution in [-0.4, -0.2) is 53.3 Å². The van der Waals surface area contributed by atoms with E-state index in [2.05, 4.69) is 4.98 Å². The Morgan fingerprint density at radius 1 is 1.15 bits per heavy atom. The molecule has 0 bridgehead atoms. The highest BCUT2D eigenvalue weighted by Crippen LogP contribution is 2.18. The highest BCUT2D eigenvalue weighted by Gasteiger charge is 2.25. The Kier molecular flexibility index (Phi) is 5.77. The Labute approximate surface area is 151 Å². The van der Waals surface area contributed by atoms with Crippen molar-refractivity contribution in [3.05, 3.63) is 59.8 Å². The highest BCUT2D eigenvalue weighted by molar-refractivity contribution is 5.93. The van der Waals surface area contributed by atoms with Gasteiger partial charge in [0.15, 0.2) is 0 Å². The van der Waals surface area contributed by atoms with Crippen LogP contribution in [0.3, 0.4) is 0 Å². The second kappa shape index (κ2) is 8.41. The summed E-state index contributed by atoms with van der Waals surface area (Å²) in [5, 5.41) is 8.69. The van der Waals surface area contributed by atoms with Gasteiger partial charge in [0.1, 0.15) is 5.82 Å². The highest BCUT2D eigenvalue weighted by atomic mass is 16.5. The molecule has 1 aliphatic heterocycles. The van der Waals surface area contributed by atoms with E-state index >= 15 is 0 Å². The van der Waals surface area contributed by atoms with Crippen molar-refractivity contribution in [3.63, 3.8) is 0 Å². The third kappa shape index (κ3) is 4.16. The molecular weight excluding hydrogens is 336 g/mol. The van der Waals surface area contributed by atoms with Crippen molar-refractivity contribution in [1.82, 2.24) is 15.4 Å². The summed E-state index contributed by atoms with van der Waals surface area (Å²) in [4.78, 5) is 32.1. The molecule has 1 fully saturated rings. The molecule has 0 saturated carbocycles. The van der Waals surface area contributed by atoms with Crippen LogP contribution in [-0.2, 0) is 11.3 Å². The number of urea groups is 1. The summed E-state index contributed by atoms with van der Waals surface area (Å²) in [5.41, 5.74) is 2.77. The molecule has 0 unspecified atom stereocenters. The van der Waals surface area contributed by atoms with E-state index in [1.54, 1.807) is 57.9 Å². The van der Waals surface area contributed by atoms with Gasteiger partial charge in [-0.2, -0.15) is 0 Å². The lowest BCUT2D eigenvalue weighted by molar-refractivity contribution is 0.0547. The Morgan fingerprint density at radius 3 is 2.50 bits per heavy atom. The van der Waals surface area contributed by atoms with Crippen molar-refractivity contribution >= 4 is 17.8 Å². The molecular formula is C18H20N4O4. The Hall–Kier alpha value is -2.97. The predicted octanol–water partition coefficient (Wildman–Crippen LogP) is 1.66. The fraction of sp³-hybridized carbons (Fsp3) is 0.278. The first-order valence-electron chi connectivity index (χ1n) is 8.27. The van der Waals surface area contributed by atoms with Crippen LogP contribution in [0.25, 0.3) is 0 Å². The van der Waals surface area contributed by atoms with Crippen molar-refractivity contribution in [2.45, 2.75) is 6.54 Å². The predicted molar refractivity (Wildman–Crippen MR) is 93.9 cm³/mol. The molecule has 1 aromatic carbocycles. The summed E-state index contributed by atoms with van der Waals surface area (Å²) in [6, 6.07) is 11.9. The summed E-state index contributed by atoms with van der Waals surface area (Å²) >= 11 is 0. The van der Waals surface area contributed by atoms with E-state index in [0.717, 1.165) is 5.56 Å². The van der Waals surface area contributed by atoms with Gasteiger partial charge in [-0.15, -0.1) is 0 Å². The second-order valence-electron chi connectivity index (χ2n) is 5.79. The largest absolute Gasteiger partial charge is 0.378 e. The van der Waals surface area contributed by atoms with Gasteiger partial charge >= 0.3 is 6.03 Å². The van der Waals surface area contributed by atoms with E-state index in [-0.39, 0.29) is 6.03 Å². The minimum Gasteiger partial charge on any atom is -0.378 e. The third-order valence-corrected chi connectivity index (χ3v) is 4.10. The van der Waals surface area contributed by atoms with Gasteiger partial charge in [-0.1, -0.05) is 18.2 Å². The maximum absolute atomic E-state index is 13.0. The number of nitrogens with one attached hydrogen (secondary N) is 1. The standard InChI is InChI=1S/C18H20N4O4/c23-17(20-25)15-6-4-14(5-7-15)13-22(16-3-1-2-8-19-16)18(24)21-9-11-26-12-10-21/h1-8,25H,9-13H2,(H,20,23). The molecule has 3 rings (SSSR count). The molecule has 1 aromatic heterocycles. The summed E-state index contributed by atoms with van der Waals surface area (Å²) in [6.45, 7) is 2.43. The second-order valence-corrected chi connectivity index (χ2v) is 5.79. The van der Waals surface area contributed by atoms with Gasteiger partial charge in [-0.05, 0) is 29.8 Å². The summed E-state index contributed by atoms with van der Waals surface area (Å²) in [6.07, 6.45) is 1.64. The van der Waals surface area contributed by atoms with Crippen LogP contribution in [0.1, 0.15) is 15.9 Å². The van der Waals surface area contributed by atoms with Crippen molar-refractivity contribution in [2.75, 3.05) is 31.2 Å². The number of pyridine rings is 1. The fourth-order valence-corrected chi connectivity index (χ4v) is 2.69. The van der Waals surface area contributed by atoms with E-state index < -0.39 is 5.91 Å². The van der Waals surface area contributed by atoms with Gasteiger partial charge in [-0.3, -0.25) is 14.9 Å². The van der Waals surface area contributed by atoms with Gasteiger partial charge in [0.05, 0.1) is 19.8 Å². The number of rotatable bonds is 4. The smallest absolute Gasteiger partial charge is 0.326 e. The number of aromatic nitrogens is 1. The number of ether oxygens (including phenoxy) is 1. The first-order valence-corrected chi connectivity index (χ1v) is 8.27. The van der Waals surface area contributed by atoms with E-state index in [0.29, 0.717) is 44.2 Å². The molecule has 8 heteroatoms. The maximum atomic E-state index is 13.0. The van der Waals surface area contributed by atoms with Gasteiger partial charge in [0, 0.05) is 24.8 Å². The number of hydrogen-bond acceptors (Lipinski definition) is 5. The summed E-state index contributed by atoms with van der Waals surface area (Å²) in [7, 11) is 0. The van der Waals surface area contributed by atoms with Crippen LogP contribution in [0.4, 0.5) is 10.6 Å². The molecule has 2 N–H and O–H groups in total. The van der Waals surface area contributed by atoms with Gasteiger partial charge in [0.25, 0.3) is 5.91 Å². The zero-order valence-electron chi connectivity index (χ0n) is 14.2. The molecule has 2 aromatic rings. The number of morpholine rings is 1. The molecule has 0 aliphatic carbocycles. The minimum absolute atomic E-state index is 0.135. The first-order chi connectivity index (χ1) is 12.7. The fourth-order valence-electron chi connectivity index (χ4n) is 2.69. The Balaban J connectivity index is 1.81. The van der Waals surface area contributed by atoms with Crippen molar-refractivity contribution in [2.24, 2.45) is 0 Å². The zero-order valence-corrected chi connectivity index (χ0v) is 14.2. The van der Waals surface area contributed by atoms with Crippen molar-refractivity contribution in [1.29, 1.82) is 0 Å². The van der Waals surface area contributed by atoms with E-state index in [4.69, 9.17) is 9.94 Å². The van der Waals surface area contributed by atoms with Crippen LogP contribution >= 0.6 is 0 Å². The SMILES string of the molecule is O=C(NO)c1ccc(CN(C(=O)N2CCOCC2)c2ccccn2)cc1. The molecule has 26 heavy (non-hydrogen) atoms. The molecule has 1 saturated heterocycles. The molecule has 136 valence electrons. The minimum atomic E-state index is -0.581. The first kappa shape index (κ1) is 17.8. The van der Waals surface area contributed by atoms with Gasteiger partial charge in [0.2, 0.25) is 0 Å². The van der Waals surface area contributed by atoms with Gasteiger partial charge in [-0.25, -0.2) is 15.3 Å². The Morgan fingerprint density at radius 2 is 1.88 bits per heavy atom. The van der Waals surface area contributed by atoms with Crippen LogP contribution < -0.4 is 10.4 Å². The van der Waals surface area contributed by atoms with Crippen LogP contribution in [0.2, 0.25) is 0 Å². The van der Waals surface area contributed by atoms with Crippen molar-refractivity contribution in [3.8, 4) is 0 Å². The number of carbonyl (C=O) groups is 2. The number of nitrogens with zero attached hydrogens (tertiary/aromatic N) is 3. The number of carbonyl (C=O) groups excluding carboxylic acids is 2. The number of amides is 3. The molecule has 0 atom stereocenters. The molecule has 0 radical (unpaired) electrons. The van der Waals surface area contributed by atoms with Gasteiger partial charge < -0.3 is 9.64 Å². The molecule has 8 nitrogen and oxygen atoms in total. The van der Waals surface area contributed by atoms with E-state index in [1.165, 1.54) is 0 Å². The number of benzene rings is 1. The maximum Gasteiger partial charge on any atom is 0.326 e. The number of hydrogen-bond donors (Lipinski definition) is 2. The number of anilines is 1. The average Bonchev–Trinajstić information content (AvgIpc) is 2.72. The lowest BCUT2D eigenvalue weighted by atomic mass is 10.1. The van der Waals surface area contributed by atoms with E-state index in [1.807, 2.05) is 6.07 Å². The summed E-state index contributed by atoms with van der Waals surface area (Å²) in [5.74, 6) is -0.0244. The molecule has 3 amide bonds. The van der Waals surface area contributed by atoms with Crippen LogP contribution in [0, 0.1) is 0 Å². The lowest BCUT2D eigenvalue weighted by Crippen LogP contribution is -2.48. The molecule has 1 aliphatic rings. The summed E-state index contributed by atoms with van der Waals surface area (Å²) < 4.78 is 5.31. The van der Waals surface area contributed by atoms with Crippen LogP contribution in [0.5, 0.6) is 0 Å². The lowest BCUT2D eigenvalue weighted by Gasteiger charge is -2.32. The quantitative estimate of drug-likeness (QED) is 0.642. The van der Waals surface area contributed by atoms with Crippen molar-refractivity contribution < 1.29 is 19.5 Å². The number of hydroxylamine groups is 1. The van der Waals surface area contributed by atoms with Crippen LogP contribution in [0.15, 0.2) is 48.7 Å². The molecule has 0 spiro atoms. The monoisotopic (exact) mass is 356 g/mol. The third-order valence-electron chi connectivity index (χ3n) is 4.10. The molecule has 2 heterocycles.